The molecule has 128 valence electrons. The van der Waals surface area contributed by atoms with E-state index in [0.29, 0.717) is 18.2 Å². The Balaban J connectivity index is 1.95. The number of aryl methyl sites for hydroxylation is 1. The average Bonchev–Trinajstić information content (AvgIpc) is 2.41. The molecule has 0 N–H and O–H groups in total. The normalized spacial score (nSPS) is 19.7. The van der Waals surface area contributed by atoms with E-state index in [9.17, 15) is 4.79 Å². The minimum atomic E-state index is -0.455. The molecule has 1 fully saturated rings. The monoisotopic (exact) mass is 339 g/mol. The zero-order valence-electron chi connectivity index (χ0n) is 14.6. The van der Waals surface area contributed by atoms with Crippen LogP contribution in [0.1, 0.15) is 39.0 Å². The number of rotatable bonds is 2. The van der Waals surface area contributed by atoms with Crippen molar-refractivity contribution in [1.29, 1.82) is 0 Å². The zero-order chi connectivity index (χ0) is 17.2. The van der Waals surface area contributed by atoms with Crippen molar-refractivity contribution in [3.63, 3.8) is 0 Å². The third-order valence-corrected chi connectivity index (χ3v) is 4.16. The Bertz CT molecular complexity index is 571. The van der Waals surface area contributed by atoms with Crippen LogP contribution in [0.15, 0.2) is 12.1 Å². The van der Waals surface area contributed by atoms with Crippen molar-refractivity contribution in [3.8, 4) is 0 Å². The van der Waals surface area contributed by atoms with Gasteiger partial charge in [0.05, 0.1) is 0 Å². The van der Waals surface area contributed by atoms with Crippen LogP contribution in [0.2, 0.25) is 5.15 Å². The summed E-state index contributed by atoms with van der Waals surface area (Å²) in [6.45, 7) is 12.8. The van der Waals surface area contributed by atoms with Gasteiger partial charge in [-0.3, -0.25) is 4.90 Å². The van der Waals surface area contributed by atoms with Gasteiger partial charge in [0.15, 0.2) is 0 Å². The Kier molecular flexibility index (Phi) is 5.53. The molecule has 0 spiro atoms. The Morgan fingerprint density at radius 3 is 2.65 bits per heavy atom. The third-order valence-electron chi connectivity index (χ3n) is 3.95. The summed E-state index contributed by atoms with van der Waals surface area (Å²) in [5, 5.41) is 0.522. The van der Waals surface area contributed by atoms with Gasteiger partial charge in [0, 0.05) is 37.9 Å². The first-order valence-corrected chi connectivity index (χ1v) is 8.37. The highest BCUT2D eigenvalue weighted by Gasteiger charge is 2.29. The molecule has 2 heterocycles. The van der Waals surface area contributed by atoms with E-state index in [0.717, 1.165) is 18.8 Å². The molecule has 1 aromatic heterocycles. The van der Waals surface area contributed by atoms with Crippen molar-refractivity contribution in [2.24, 2.45) is 0 Å². The molecule has 23 heavy (non-hydrogen) atoms. The molecule has 0 radical (unpaired) electrons. The minimum Gasteiger partial charge on any atom is -0.444 e. The summed E-state index contributed by atoms with van der Waals surface area (Å²) < 4.78 is 5.46. The maximum atomic E-state index is 12.2. The Hall–Kier alpha value is -1.33. The second-order valence-electron chi connectivity index (χ2n) is 7.12. The highest BCUT2D eigenvalue weighted by molar-refractivity contribution is 6.29. The lowest BCUT2D eigenvalue weighted by atomic mass is 10.1. The van der Waals surface area contributed by atoms with Crippen LogP contribution < -0.4 is 0 Å². The zero-order valence-corrected chi connectivity index (χ0v) is 15.4. The fourth-order valence-electron chi connectivity index (χ4n) is 2.67. The topological polar surface area (TPSA) is 45.7 Å². The molecular weight excluding hydrogens is 314 g/mol. The second-order valence-corrected chi connectivity index (χ2v) is 7.51. The predicted octanol–water partition coefficient (Wildman–Crippen LogP) is 3.48. The molecule has 1 saturated heterocycles. The standard InChI is InChI=1S/C17H26ClN3O2/c1-12-10-21(16(22)23-17(3,4)5)9-8-20(12)11-14-6-7-15(18)19-13(14)2/h6-7,12H,8-11H2,1-5H3/t12-/m0/s1. The molecule has 6 heteroatoms. The van der Waals surface area contributed by atoms with Crippen LogP contribution in [-0.4, -0.2) is 52.2 Å². The molecule has 0 aromatic carbocycles. The summed E-state index contributed by atoms with van der Waals surface area (Å²) in [6, 6.07) is 4.12. The number of piperazine rings is 1. The molecule has 1 atom stereocenters. The maximum absolute atomic E-state index is 12.2. The SMILES string of the molecule is Cc1nc(Cl)ccc1CN1CCN(C(=O)OC(C)(C)C)C[C@@H]1C. The Morgan fingerprint density at radius 1 is 1.39 bits per heavy atom. The van der Waals surface area contributed by atoms with Crippen molar-refractivity contribution in [3.05, 3.63) is 28.5 Å². The van der Waals surface area contributed by atoms with Crippen LogP contribution in [0.3, 0.4) is 0 Å². The van der Waals surface area contributed by atoms with Gasteiger partial charge in [-0.2, -0.15) is 0 Å². The van der Waals surface area contributed by atoms with Crippen LogP contribution in [0.4, 0.5) is 4.79 Å². The van der Waals surface area contributed by atoms with Crippen molar-refractivity contribution >= 4 is 17.7 Å². The number of ether oxygens (including phenoxy) is 1. The Morgan fingerprint density at radius 2 is 2.09 bits per heavy atom. The van der Waals surface area contributed by atoms with Crippen LogP contribution in [0.5, 0.6) is 0 Å². The van der Waals surface area contributed by atoms with Crippen LogP contribution in [0.25, 0.3) is 0 Å². The first-order chi connectivity index (χ1) is 10.7. The lowest BCUT2D eigenvalue weighted by Crippen LogP contribution is -2.54. The number of halogens is 1. The Labute approximate surface area is 143 Å². The van der Waals surface area contributed by atoms with Gasteiger partial charge in [0.1, 0.15) is 10.8 Å². The lowest BCUT2D eigenvalue weighted by molar-refractivity contribution is 0.00456. The van der Waals surface area contributed by atoms with Gasteiger partial charge >= 0.3 is 6.09 Å². The van der Waals surface area contributed by atoms with E-state index in [4.69, 9.17) is 16.3 Å². The molecular formula is C17H26ClN3O2. The van der Waals surface area contributed by atoms with Crippen molar-refractivity contribution < 1.29 is 9.53 Å². The first-order valence-electron chi connectivity index (χ1n) is 8.00. The minimum absolute atomic E-state index is 0.228. The van der Waals surface area contributed by atoms with Gasteiger partial charge in [0.25, 0.3) is 0 Å². The molecule has 1 aromatic rings. The molecule has 0 unspecified atom stereocenters. The predicted molar refractivity (Wildman–Crippen MR) is 91.7 cm³/mol. The number of aromatic nitrogens is 1. The van der Waals surface area contributed by atoms with Gasteiger partial charge in [-0.05, 0) is 46.2 Å². The van der Waals surface area contributed by atoms with Gasteiger partial charge < -0.3 is 9.64 Å². The van der Waals surface area contributed by atoms with Crippen molar-refractivity contribution in [2.45, 2.75) is 52.8 Å². The highest BCUT2D eigenvalue weighted by Crippen LogP contribution is 2.19. The number of nitrogens with zero attached hydrogens (tertiary/aromatic N) is 3. The molecule has 0 saturated carbocycles. The van der Waals surface area contributed by atoms with Crippen molar-refractivity contribution in [1.82, 2.24) is 14.8 Å². The number of hydrogen-bond donors (Lipinski definition) is 0. The van der Waals surface area contributed by atoms with Gasteiger partial charge in [-0.25, -0.2) is 9.78 Å². The van der Waals surface area contributed by atoms with E-state index in [1.54, 1.807) is 4.90 Å². The molecule has 1 amide bonds. The van der Waals surface area contributed by atoms with E-state index < -0.39 is 5.60 Å². The quantitative estimate of drug-likeness (QED) is 0.774. The molecule has 5 nitrogen and oxygen atoms in total. The van der Waals surface area contributed by atoms with E-state index in [-0.39, 0.29) is 12.1 Å². The second kappa shape index (κ2) is 7.05. The molecule has 1 aliphatic rings. The van der Waals surface area contributed by atoms with E-state index >= 15 is 0 Å². The average molecular weight is 340 g/mol. The van der Waals surface area contributed by atoms with Crippen molar-refractivity contribution in [2.75, 3.05) is 19.6 Å². The number of hydrogen-bond acceptors (Lipinski definition) is 4. The van der Waals surface area contributed by atoms with E-state index in [2.05, 4.69) is 16.8 Å². The molecule has 0 bridgehead atoms. The fourth-order valence-corrected chi connectivity index (χ4v) is 2.86. The fraction of sp³-hybridized carbons (Fsp3) is 0.647. The summed E-state index contributed by atoms with van der Waals surface area (Å²) in [5.74, 6) is 0. The summed E-state index contributed by atoms with van der Waals surface area (Å²) in [7, 11) is 0. The number of carbonyl (C=O) groups excluding carboxylic acids is 1. The van der Waals surface area contributed by atoms with Crippen LogP contribution in [0, 0.1) is 6.92 Å². The van der Waals surface area contributed by atoms with E-state index in [1.165, 1.54) is 5.56 Å². The van der Waals surface area contributed by atoms with Crippen LogP contribution in [-0.2, 0) is 11.3 Å². The number of amides is 1. The summed E-state index contributed by atoms with van der Waals surface area (Å²) >= 11 is 5.91. The largest absolute Gasteiger partial charge is 0.444 e. The van der Waals surface area contributed by atoms with Crippen LogP contribution >= 0.6 is 11.6 Å². The van der Waals surface area contributed by atoms with Gasteiger partial charge in [-0.1, -0.05) is 17.7 Å². The first kappa shape index (κ1) is 18.0. The molecule has 0 aliphatic carbocycles. The smallest absolute Gasteiger partial charge is 0.410 e. The lowest BCUT2D eigenvalue weighted by Gasteiger charge is -2.40. The number of carbonyl (C=O) groups is 1. The summed E-state index contributed by atoms with van der Waals surface area (Å²) in [6.07, 6.45) is -0.228. The third kappa shape index (κ3) is 5.08. The maximum Gasteiger partial charge on any atom is 0.410 e. The van der Waals surface area contributed by atoms with Gasteiger partial charge in [-0.15, -0.1) is 0 Å². The number of pyridine rings is 1. The van der Waals surface area contributed by atoms with Gasteiger partial charge in [0.2, 0.25) is 0 Å². The summed E-state index contributed by atoms with van der Waals surface area (Å²) in [5.41, 5.74) is 1.68. The molecule has 2 rings (SSSR count). The molecule has 1 aliphatic heterocycles. The highest BCUT2D eigenvalue weighted by atomic mass is 35.5. The van der Waals surface area contributed by atoms with E-state index in [1.807, 2.05) is 39.8 Å². The summed E-state index contributed by atoms with van der Waals surface area (Å²) in [4.78, 5) is 20.6.